The summed E-state index contributed by atoms with van der Waals surface area (Å²) in [6.45, 7) is 2.17. The summed E-state index contributed by atoms with van der Waals surface area (Å²) >= 11 is 7.22. The van der Waals surface area contributed by atoms with E-state index in [1.165, 1.54) is 24.1 Å². The highest BCUT2D eigenvalue weighted by molar-refractivity contribution is 8.18. The number of hydrogen-bond acceptors (Lipinski definition) is 5. The standard InChI is InChI=1S/C20H17ClFNO4S/c1-3-23-19(24)17(28-20(23)25)10-13-8-15(21)18(16(9-13)26-2)27-11-12-5-4-6-14(22)7-12/h4-10H,3,11H2,1-2H3/b17-10-. The second-order valence-corrected chi connectivity index (χ2v) is 7.28. The fraction of sp³-hybridized carbons (Fsp3) is 0.200. The second kappa shape index (κ2) is 8.67. The Labute approximate surface area is 171 Å². The molecule has 0 N–H and O–H groups in total. The van der Waals surface area contributed by atoms with Crippen LogP contribution >= 0.6 is 23.4 Å². The molecule has 1 aliphatic rings. The van der Waals surface area contributed by atoms with E-state index in [1.54, 1.807) is 37.3 Å². The van der Waals surface area contributed by atoms with Crippen molar-refractivity contribution in [1.29, 1.82) is 0 Å². The van der Waals surface area contributed by atoms with Crippen LogP contribution in [0.1, 0.15) is 18.1 Å². The lowest BCUT2D eigenvalue weighted by Crippen LogP contribution is -2.27. The molecule has 0 bridgehead atoms. The molecule has 0 atom stereocenters. The molecule has 0 aromatic heterocycles. The van der Waals surface area contributed by atoms with E-state index in [4.69, 9.17) is 21.1 Å². The molecule has 2 aromatic carbocycles. The maximum absolute atomic E-state index is 13.3. The van der Waals surface area contributed by atoms with Crippen LogP contribution in [-0.4, -0.2) is 29.7 Å². The van der Waals surface area contributed by atoms with Gasteiger partial charge in [0.25, 0.3) is 11.1 Å². The number of likely N-dealkylation sites (N-methyl/N-ethyl adjacent to an activating group) is 1. The lowest BCUT2D eigenvalue weighted by molar-refractivity contribution is -0.122. The molecule has 1 heterocycles. The molecule has 0 spiro atoms. The SMILES string of the molecule is CCN1C(=O)S/C(=C\c2cc(Cl)c(OCc3cccc(F)c3)c(OC)c2)C1=O. The molecule has 0 aliphatic carbocycles. The summed E-state index contributed by atoms with van der Waals surface area (Å²) < 4.78 is 24.4. The largest absolute Gasteiger partial charge is 0.493 e. The molecular formula is C20H17ClFNO4S. The number of amides is 2. The summed E-state index contributed by atoms with van der Waals surface area (Å²) in [4.78, 5) is 25.6. The zero-order valence-corrected chi connectivity index (χ0v) is 16.8. The Morgan fingerprint density at radius 1 is 1.25 bits per heavy atom. The van der Waals surface area contributed by atoms with Gasteiger partial charge in [0.1, 0.15) is 12.4 Å². The first-order valence-corrected chi connectivity index (χ1v) is 9.62. The quantitative estimate of drug-likeness (QED) is 0.606. The summed E-state index contributed by atoms with van der Waals surface area (Å²) in [5.74, 6) is -0.00771. The van der Waals surface area contributed by atoms with Gasteiger partial charge in [-0.2, -0.15) is 0 Å². The number of imide groups is 1. The highest BCUT2D eigenvalue weighted by atomic mass is 35.5. The van der Waals surface area contributed by atoms with Gasteiger partial charge in [0.2, 0.25) is 0 Å². The number of nitrogens with zero attached hydrogens (tertiary/aromatic N) is 1. The highest BCUT2D eigenvalue weighted by Gasteiger charge is 2.33. The number of rotatable bonds is 6. The van der Waals surface area contributed by atoms with E-state index in [0.29, 0.717) is 34.1 Å². The van der Waals surface area contributed by atoms with E-state index in [1.807, 2.05) is 0 Å². The minimum absolute atomic E-state index is 0.114. The van der Waals surface area contributed by atoms with E-state index < -0.39 is 0 Å². The maximum Gasteiger partial charge on any atom is 0.293 e. The number of methoxy groups -OCH3 is 1. The number of ether oxygens (including phenoxy) is 2. The average molecular weight is 422 g/mol. The Morgan fingerprint density at radius 3 is 2.68 bits per heavy atom. The van der Waals surface area contributed by atoms with E-state index in [-0.39, 0.29) is 28.6 Å². The van der Waals surface area contributed by atoms with Crippen molar-refractivity contribution in [3.8, 4) is 11.5 Å². The zero-order valence-electron chi connectivity index (χ0n) is 15.2. The van der Waals surface area contributed by atoms with Gasteiger partial charge < -0.3 is 9.47 Å². The number of carbonyl (C=O) groups excluding carboxylic acids is 2. The maximum atomic E-state index is 13.3. The van der Waals surface area contributed by atoms with Crippen molar-refractivity contribution < 1.29 is 23.5 Å². The first kappa shape index (κ1) is 20.2. The Hall–Kier alpha value is -2.51. The molecule has 0 unspecified atom stereocenters. The normalized spacial score (nSPS) is 15.4. The summed E-state index contributed by atoms with van der Waals surface area (Å²) in [5.41, 5.74) is 1.25. The van der Waals surface area contributed by atoms with Crippen molar-refractivity contribution in [3.63, 3.8) is 0 Å². The summed E-state index contributed by atoms with van der Waals surface area (Å²) in [6.07, 6.45) is 1.59. The van der Waals surface area contributed by atoms with Gasteiger partial charge in [0, 0.05) is 6.54 Å². The zero-order chi connectivity index (χ0) is 20.3. The fourth-order valence-electron chi connectivity index (χ4n) is 2.67. The molecule has 28 heavy (non-hydrogen) atoms. The molecule has 1 fully saturated rings. The van der Waals surface area contributed by atoms with Gasteiger partial charge >= 0.3 is 0 Å². The van der Waals surface area contributed by atoms with Gasteiger partial charge in [-0.1, -0.05) is 23.7 Å². The topological polar surface area (TPSA) is 55.8 Å². The molecule has 5 nitrogen and oxygen atoms in total. The monoisotopic (exact) mass is 421 g/mol. The lowest BCUT2D eigenvalue weighted by atomic mass is 10.1. The van der Waals surface area contributed by atoms with Crippen LogP contribution in [-0.2, 0) is 11.4 Å². The van der Waals surface area contributed by atoms with Gasteiger partial charge in [0.05, 0.1) is 17.0 Å². The van der Waals surface area contributed by atoms with Crippen LogP contribution in [0.15, 0.2) is 41.3 Å². The van der Waals surface area contributed by atoms with Crippen LogP contribution in [0.25, 0.3) is 6.08 Å². The second-order valence-electron chi connectivity index (χ2n) is 5.88. The van der Waals surface area contributed by atoms with Crippen molar-refractivity contribution >= 4 is 40.6 Å². The van der Waals surface area contributed by atoms with E-state index in [0.717, 1.165) is 11.8 Å². The first-order chi connectivity index (χ1) is 13.4. The molecule has 0 saturated carbocycles. The number of benzene rings is 2. The van der Waals surface area contributed by atoms with Crippen molar-refractivity contribution in [2.24, 2.45) is 0 Å². The predicted octanol–water partition coefficient (Wildman–Crippen LogP) is 5.12. The number of thioether (sulfide) groups is 1. The third kappa shape index (κ3) is 4.31. The molecular weight excluding hydrogens is 405 g/mol. The number of halogens is 2. The van der Waals surface area contributed by atoms with Crippen molar-refractivity contribution in [3.05, 3.63) is 63.3 Å². The highest BCUT2D eigenvalue weighted by Crippen LogP contribution is 2.39. The first-order valence-electron chi connectivity index (χ1n) is 8.43. The predicted molar refractivity (Wildman–Crippen MR) is 107 cm³/mol. The minimum atomic E-state index is -0.351. The third-order valence-corrected chi connectivity index (χ3v) is 5.20. The Morgan fingerprint density at radius 2 is 2.04 bits per heavy atom. The summed E-state index contributed by atoms with van der Waals surface area (Å²) in [6, 6.07) is 9.34. The molecule has 8 heteroatoms. The van der Waals surface area contributed by atoms with Gasteiger partial charge in [-0.3, -0.25) is 14.5 Å². The molecule has 3 rings (SSSR count). The smallest absolute Gasteiger partial charge is 0.293 e. The lowest BCUT2D eigenvalue weighted by Gasteiger charge is -2.13. The molecule has 1 saturated heterocycles. The van der Waals surface area contributed by atoms with Gasteiger partial charge in [-0.05, 0) is 60.2 Å². The van der Waals surface area contributed by atoms with E-state index >= 15 is 0 Å². The fourth-order valence-corrected chi connectivity index (χ4v) is 3.85. The molecule has 0 radical (unpaired) electrons. The Balaban J connectivity index is 1.85. The minimum Gasteiger partial charge on any atom is -0.493 e. The van der Waals surface area contributed by atoms with Crippen molar-refractivity contribution in [1.82, 2.24) is 4.90 Å². The van der Waals surface area contributed by atoms with E-state index in [2.05, 4.69) is 0 Å². The third-order valence-electron chi connectivity index (χ3n) is 4.01. The van der Waals surface area contributed by atoms with Crippen LogP contribution in [0.3, 0.4) is 0 Å². The van der Waals surface area contributed by atoms with Gasteiger partial charge in [0.15, 0.2) is 11.5 Å². The van der Waals surface area contributed by atoms with Crippen LogP contribution < -0.4 is 9.47 Å². The van der Waals surface area contributed by atoms with Crippen LogP contribution in [0, 0.1) is 5.82 Å². The van der Waals surface area contributed by atoms with Gasteiger partial charge in [-0.15, -0.1) is 0 Å². The average Bonchev–Trinajstić information content (AvgIpc) is 2.93. The van der Waals surface area contributed by atoms with Crippen LogP contribution in [0.4, 0.5) is 9.18 Å². The molecule has 2 amide bonds. The molecule has 2 aromatic rings. The summed E-state index contributed by atoms with van der Waals surface area (Å²) in [5, 5.41) is -0.0245. The molecule has 1 aliphatic heterocycles. The van der Waals surface area contributed by atoms with Crippen molar-refractivity contribution in [2.75, 3.05) is 13.7 Å². The Kier molecular flexibility index (Phi) is 6.26. The summed E-state index contributed by atoms with van der Waals surface area (Å²) in [7, 11) is 1.47. The van der Waals surface area contributed by atoms with Crippen LogP contribution in [0.5, 0.6) is 11.5 Å². The van der Waals surface area contributed by atoms with E-state index in [9.17, 15) is 14.0 Å². The van der Waals surface area contributed by atoms with Crippen molar-refractivity contribution in [2.45, 2.75) is 13.5 Å². The Bertz CT molecular complexity index is 963. The van der Waals surface area contributed by atoms with Crippen LogP contribution in [0.2, 0.25) is 5.02 Å². The number of hydrogen-bond donors (Lipinski definition) is 0. The molecule has 146 valence electrons. The number of carbonyl (C=O) groups is 2. The van der Waals surface area contributed by atoms with Gasteiger partial charge in [-0.25, -0.2) is 4.39 Å².